The molecule has 17 heavy (non-hydrogen) atoms. The molecule has 0 spiro atoms. The fourth-order valence-electron chi connectivity index (χ4n) is 1.81. The molecule has 0 atom stereocenters. The third-order valence-electron chi connectivity index (χ3n) is 2.68. The van der Waals surface area contributed by atoms with Crippen LogP contribution in [0.3, 0.4) is 0 Å². The number of aryl methyl sites for hydroxylation is 2. The molecule has 0 unspecified atom stereocenters. The Morgan fingerprint density at radius 3 is 2.76 bits per heavy atom. The first-order valence-corrected chi connectivity index (χ1v) is 5.49. The van der Waals surface area contributed by atoms with Gasteiger partial charge >= 0.3 is 0 Å². The average molecular weight is 232 g/mol. The number of aromatic nitrogens is 2. The van der Waals surface area contributed by atoms with Crippen LogP contribution < -0.4 is 5.56 Å². The van der Waals surface area contributed by atoms with E-state index in [2.05, 4.69) is 5.10 Å². The van der Waals surface area contributed by atoms with Gasteiger partial charge < -0.3 is 4.74 Å². The third kappa shape index (κ3) is 2.31. The molecule has 4 heteroatoms. The Morgan fingerprint density at radius 1 is 1.29 bits per heavy atom. The summed E-state index contributed by atoms with van der Waals surface area (Å²) < 4.78 is 6.55. The van der Waals surface area contributed by atoms with Crippen molar-refractivity contribution < 1.29 is 4.74 Å². The Balaban J connectivity index is 2.52. The lowest BCUT2D eigenvalue weighted by molar-refractivity contribution is 0.181. The lowest BCUT2D eigenvalue weighted by Crippen LogP contribution is -2.14. The van der Waals surface area contributed by atoms with E-state index in [1.807, 2.05) is 32.0 Å². The molecule has 0 radical (unpaired) electrons. The van der Waals surface area contributed by atoms with Gasteiger partial charge in [-0.1, -0.05) is 12.1 Å². The van der Waals surface area contributed by atoms with E-state index < -0.39 is 0 Å². The van der Waals surface area contributed by atoms with E-state index in [9.17, 15) is 4.79 Å². The fourth-order valence-corrected chi connectivity index (χ4v) is 1.81. The summed E-state index contributed by atoms with van der Waals surface area (Å²) in [5, 5.41) is 3.05. The SMILES string of the molecule is COCc1cc(=O)n(-c2cc(C)ccc2C)[nH]1. The number of rotatable bonds is 3. The number of hydrogen-bond donors (Lipinski definition) is 1. The first-order chi connectivity index (χ1) is 8.11. The van der Waals surface area contributed by atoms with Crippen LogP contribution in [0.25, 0.3) is 5.69 Å². The highest BCUT2D eigenvalue weighted by Crippen LogP contribution is 2.13. The summed E-state index contributed by atoms with van der Waals surface area (Å²) in [6.45, 7) is 4.40. The second kappa shape index (κ2) is 4.59. The van der Waals surface area contributed by atoms with Gasteiger partial charge in [-0.05, 0) is 31.0 Å². The van der Waals surface area contributed by atoms with Crippen molar-refractivity contribution in [3.63, 3.8) is 0 Å². The highest BCUT2D eigenvalue weighted by molar-refractivity contribution is 5.42. The molecule has 0 bridgehead atoms. The van der Waals surface area contributed by atoms with Crippen LogP contribution in [0.15, 0.2) is 29.1 Å². The molecule has 0 saturated heterocycles. The van der Waals surface area contributed by atoms with Crippen molar-refractivity contribution in [1.29, 1.82) is 0 Å². The molecular weight excluding hydrogens is 216 g/mol. The molecule has 0 fully saturated rings. The van der Waals surface area contributed by atoms with Gasteiger partial charge in [-0.25, -0.2) is 4.68 Å². The summed E-state index contributed by atoms with van der Waals surface area (Å²) in [6, 6.07) is 7.59. The number of H-pyrrole nitrogens is 1. The number of aromatic amines is 1. The van der Waals surface area contributed by atoms with Crippen molar-refractivity contribution in [2.24, 2.45) is 0 Å². The van der Waals surface area contributed by atoms with Crippen molar-refractivity contribution in [3.8, 4) is 5.69 Å². The molecule has 1 aromatic heterocycles. The minimum absolute atomic E-state index is 0.0641. The normalized spacial score (nSPS) is 10.8. The van der Waals surface area contributed by atoms with Crippen molar-refractivity contribution >= 4 is 0 Å². The Kier molecular flexibility index (Phi) is 3.15. The number of methoxy groups -OCH3 is 1. The number of ether oxygens (including phenoxy) is 1. The highest BCUT2D eigenvalue weighted by atomic mass is 16.5. The first-order valence-electron chi connectivity index (χ1n) is 5.49. The minimum Gasteiger partial charge on any atom is -0.378 e. The van der Waals surface area contributed by atoms with Gasteiger partial charge in [-0.3, -0.25) is 9.89 Å². The van der Waals surface area contributed by atoms with Crippen molar-refractivity contribution in [2.75, 3.05) is 7.11 Å². The van der Waals surface area contributed by atoms with E-state index in [0.29, 0.717) is 6.61 Å². The quantitative estimate of drug-likeness (QED) is 0.879. The smallest absolute Gasteiger partial charge is 0.271 e. The van der Waals surface area contributed by atoms with Gasteiger partial charge in [0.2, 0.25) is 0 Å². The molecule has 0 aliphatic rings. The highest BCUT2D eigenvalue weighted by Gasteiger charge is 2.07. The maximum absolute atomic E-state index is 11.9. The minimum atomic E-state index is -0.0641. The number of hydrogen-bond acceptors (Lipinski definition) is 2. The van der Waals surface area contributed by atoms with Gasteiger partial charge in [0.1, 0.15) is 0 Å². The van der Waals surface area contributed by atoms with E-state index in [0.717, 1.165) is 22.5 Å². The van der Waals surface area contributed by atoms with Gasteiger partial charge in [0, 0.05) is 13.2 Å². The Labute approximate surface area is 99.8 Å². The molecule has 0 amide bonds. The topological polar surface area (TPSA) is 47.0 Å². The van der Waals surface area contributed by atoms with Crippen molar-refractivity contribution in [1.82, 2.24) is 9.78 Å². The van der Waals surface area contributed by atoms with Crippen molar-refractivity contribution in [3.05, 3.63) is 51.4 Å². The largest absolute Gasteiger partial charge is 0.378 e. The standard InChI is InChI=1S/C13H16N2O2/c1-9-4-5-10(2)12(6-9)15-13(16)7-11(14-15)8-17-3/h4-7,14H,8H2,1-3H3. The summed E-state index contributed by atoms with van der Waals surface area (Å²) in [5.74, 6) is 0. The monoisotopic (exact) mass is 232 g/mol. The van der Waals surface area contributed by atoms with Gasteiger partial charge in [0.15, 0.2) is 0 Å². The van der Waals surface area contributed by atoms with Gasteiger partial charge in [0.25, 0.3) is 5.56 Å². The Hall–Kier alpha value is -1.81. The number of nitrogens with zero attached hydrogens (tertiary/aromatic N) is 1. The molecule has 0 saturated carbocycles. The molecule has 1 N–H and O–H groups in total. The second-order valence-electron chi connectivity index (χ2n) is 4.18. The van der Waals surface area contributed by atoms with Crippen LogP contribution in [0.5, 0.6) is 0 Å². The molecule has 90 valence electrons. The summed E-state index contributed by atoms with van der Waals surface area (Å²) in [5.41, 5.74) is 3.78. The van der Waals surface area contributed by atoms with Crippen molar-refractivity contribution in [2.45, 2.75) is 20.5 Å². The van der Waals surface area contributed by atoms with Gasteiger partial charge in [-0.15, -0.1) is 0 Å². The molecule has 0 aliphatic carbocycles. The van der Waals surface area contributed by atoms with Crippen LogP contribution in [-0.2, 0) is 11.3 Å². The molecular formula is C13H16N2O2. The van der Waals surface area contributed by atoms with Crippen LogP contribution in [0.4, 0.5) is 0 Å². The zero-order chi connectivity index (χ0) is 12.4. The van der Waals surface area contributed by atoms with E-state index >= 15 is 0 Å². The van der Waals surface area contributed by atoms with Crippen LogP contribution in [0.1, 0.15) is 16.8 Å². The second-order valence-corrected chi connectivity index (χ2v) is 4.18. The zero-order valence-corrected chi connectivity index (χ0v) is 10.3. The molecule has 2 aromatic rings. The first kappa shape index (κ1) is 11.7. The number of nitrogens with one attached hydrogen (secondary N) is 1. The lowest BCUT2D eigenvalue weighted by Gasteiger charge is -2.07. The van der Waals surface area contributed by atoms with Crippen LogP contribution in [-0.4, -0.2) is 16.9 Å². The fraction of sp³-hybridized carbons (Fsp3) is 0.308. The molecule has 4 nitrogen and oxygen atoms in total. The van der Waals surface area contributed by atoms with Crippen LogP contribution in [0.2, 0.25) is 0 Å². The van der Waals surface area contributed by atoms with Gasteiger partial charge in [0.05, 0.1) is 18.0 Å². The van der Waals surface area contributed by atoms with E-state index in [-0.39, 0.29) is 5.56 Å². The third-order valence-corrected chi connectivity index (χ3v) is 2.68. The molecule has 2 rings (SSSR count). The van der Waals surface area contributed by atoms with E-state index in [1.54, 1.807) is 17.9 Å². The molecule has 1 heterocycles. The summed E-state index contributed by atoms with van der Waals surface area (Å²) in [4.78, 5) is 11.9. The lowest BCUT2D eigenvalue weighted by atomic mass is 10.1. The number of benzene rings is 1. The molecule has 1 aromatic carbocycles. The van der Waals surface area contributed by atoms with Gasteiger partial charge in [-0.2, -0.15) is 0 Å². The predicted octanol–water partition coefficient (Wildman–Crippen LogP) is 1.93. The van der Waals surface area contributed by atoms with Crippen LogP contribution >= 0.6 is 0 Å². The summed E-state index contributed by atoms with van der Waals surface area (Å²) in [6.07, 6.45) is 0. The average Bonchev–Trinajstić information content (AvgIpc) is 2.64. The van der Waals surface area contributed by atoms with E-state index in [4.69, 9.17) is 4.74 Å². The van der Waals surface area contributed by atoms with Crippen LogP contribution in [0, 0.1) is 13.8 Å². The zero-order valence-electron chi connectivity index (χ0n) is 10.3. The molecule has 0 aliphatic heterocycles. The predicted molar refractivity (Wildman–Crippen MR) is 66.6 cm³/mol. The maximum atomic E-state index is 11.9. The maximum Gasteiger partial charge on any atom is 0.271 e. The Bertz CT molecular complexity index is 581. The summed E-state index contributed by atoms with van der Waals surface area (Å²) >= 11 is 0. The summed E-state index contributed by atoms with van der Waals surface area (Å²) in [7, 11) is 1.60. The van der Waals surface area contributed by atoms with E-state index in [1.165, 1.54) is 0 Å². The Morgan fingerprint density at radius 2 is 2.06 bits per heavy atom.